The highest BCUT2D eigenvalue weighted by Gasteiger charge is 2.12. The molecule has 0 saturated carbocycles. The Balaban J connectivity index is 2.55. The summed E-state index contributed by atoms with van der Waals surface area (Å²) in [6, 6.07) is 2.65. The molecule has 1 unspecified atom stereocenters. The van der Waals surface area contributed by atoms with Gasteiger partial charge in [-0.3, -0.25) is 4.79 Å². The Morgan fingerprint density at radius 2 is 2.31 bits per heavy atom. The average Bonchev–Trinajstić information content (AvgIpc) is 2.30. The van der Waals surface area contributed by atoms with Crippen LogP contribution in [0, 0.1) is 0 Å². The first-order valence-electron chi connectivity index (χ1n) is 4.72. The Bertz CT molecular complexity index is 340. The number of nitrogens with zero attached hydrogens (tertiary/aromatic N) is 1. The van der Waals surface area contributed by atoms with Gasteiger partial charge in [-0.2, -0.15) is 0 Å². The van der Waals surface area contributed by atoms with E-state index in [4.69, 9.17) is 15.2 Å². The minimum Gasteiger partial charge on any atom is -0.481 e. The first-order valence-corrected chi connectivity index (χ1v) is 4.72. The highest BCUT2D eigenvalue weighted by atomic mass is 16.5. The predicted molar refractivity (Wildman–Crippen MR) is 59.3 cm³/mol. The van der Waals surface area contributed by atoms with E-state index in [0.29, 0.717) is 11.6 Å². The average molecular weight is 225 g/mol. The molecule has 1 aromatic heterocycles. The number of rotatable bonds is 5. The van der Waals surface area contributed by atoms with Gasteiger partial charge in [-0.1, -0.05) is 0 Å². The SMILES string of the molecule is COCC(N)C(=O)Nc1ccc(OC)nc1. The molecule has 0 fully saturated rings. The van der Waals surface area contributed by atoms with Crippen molar-refractivity contribution in [1.29, 1.82) is 0 Å². The van der Waals surface area contributed by atoms with Crippen molar-refractivity contribution in [2.24, 2.45) is 5.73 Å². The molecule has 0 aromatic carbocycles. The number of anilines is 1. The molecule has 0 saturated heterocycles. The molecule has 6 heteroatoms. The number of pyridine rings is 1. The van der Waals surface area contributed by atoms with Crippen LogP contribution in [0.1, 0.15) is 0 Å². The molecule has 0 aliphatic rings. The van der Waals surface area contributed by atoms with Crippen LogP contribution in [-0.4, -0.2) is 37.8 Å². The Morgan fingerprint density at radius 1 is 1.56 bits per heavy atom. The van der Waals surface area contributed by atoms with Gasteiger partial charge in [0, 0.05) is 13.2 Å². The van der Waals surface area contributed by atoms with Crippen LogP contribution >= 0.6 is 0 Å². The van der Waals surface area contributed by atoms with Crippen LogP contribution in [0.2, 0.25) is 0 Å². The predicted octanol–water partition coefficient (Wildman–Crippen LogP) is 0.00240. The lowest BCUT2D eigenvalue weighted by Crippen LogP contribution is -2.39. The molecule has 0 spiro atoms. The molecule has 1 heterocycles. The van der Waals surface area contributed by atoms with Gasteiger partial charge in [0.2, 0.25) is 11.8 Å². The Hall–Kier alpha value is -1.66. The van der Waals surface area contributed by atoms with Crippen molar-refractivity contribution in [2.45, 2.75) is 6.04 Å². The third-order valence-electron chi connectivity index (χ3n) is 1.90. The van der Waals surface area contributed by atoms with Crippen molar-refractivity contribution >= 4 is 11.6 Å². The van der Waals surface area contributed by atoms with Crippen molar-refractivity contribution in [3.05, 3.63) is 18.3 Å². The number of nitrogens with one attached hydrogen (secondary N) is 1. The van der Waals surface area contributed by atoms with E-state index in [9.17, 15) is 4.79 Å². The van der Waals surface area contributed by atoms with Crippen LogP contribution in [0.25, 0.3) is 0 Å². The lowest BCUT2D eigenvalue weighted by Gasteiger charge is -2.10. The van der Waals surface area contributed by atoms with Gasteiger partial charge in [-0.05, 0) is 6.07 Å². The summed E-state index contributed by atoms with van der Waals surface area (Å²) in [6.07, 6.45) is 1.50. The number of hydrogen-bond donors (Lipinski definition) is 2. The lowest BCUT2D eigenvalue weighted by atomic mass is 10.3. The fraction of sp³-hybridized carbons (Fsp3) is 0.400. The van der Waals surface area contributed by atoms with Crippen molar-refractivity contribution < 1.29 is 14.3 Å². The van der Waals surface area contributed by atoms with Crippen molar-refractivity contribution in [3.8, 4) is 5.88 Å². The largest absolute Gasteiger partial charge is 0.481 e. The number of hydrogen-bond acceptors (Lipinski definition) is 5. The van der Waals surface area contributed by atoms with Gasteiger partial charge in [0.25, 0.3) is 0 Å². The topological polar surface area (TPSA) is 86.5 Å². The smallest absolute Gasteiger partial charge is 0.243 e. The number of methoxy groups -OCH3 is 2. The molecule has 0 bridgehead atoms. The van der Waals surface area contributed by atoms with Gasteiger partial charge in [0.05, 0.1) is 25.6 Å². The van der Waals surface area contributed by atoms with Crippen LogP contribution in [0.3, 0.4) is 0 Å². The summed E-state index contributed by atoms with van der Waals surface area (Å²) in [5.41, 5.74) is 6.12. The van der Waals surface area contributed by atoms with Crippen LogP contribution in [-0.2, 0) is 9.53 Å². The zero-order valence-corrected chi connectivity index (χ0v) is 9.27. The first-order chi connectivity index (χ1) is 7.67. The molecular weight excluding hydrogens is 210 g/mol. The molecule has 16 heavy (non-hydrogen) atoms. The zero-order chi connectivity index (χ0) is 12.0. The summed E-state index contributed by atoms with van der Waals surface area (Å²) in [5, 5.41) is 2.62. The summed E-state index contributed by atoms with van der Waals surface area (Å²) in [5.74, 6) is 0.174. The van der Waals surface area contributed by atoms with Gasteiger partial charge in [-0.25, -0.2) is 4.98 Å². The molecule has 1 aromatic rings. The van der Waals surface area contributed by atoms with Gasteiger partial charge in [-0.15, -0.1) is 0 Å². The molecule has 6 nitrogen and oxygen atoms in total. The van der Waals surface area contributed by atoms with Gasteiger partial charge in [0.15, 0.2) is 0 Å². The van der Waals surface area contributed by atoms with E-state index in [1.807, 2.05) is 0 Å². The minimum atomic E-state index is -0.688. The molecule has 1 atom stereocenters. The Kier molecular flexibility index (Phi) is 4.68. The summed E-state index contributed by atoms with van der Waals surface area (Å²) in [6.45, 7) is 0.176. The first kappa shape index (κ1) is 12.4. The summed E-state index contributed by atoms with van der Waals surface area (Å²) < 4.78 is 9.67. The lowest BCUT2D eigenvalue weighted by molar-refractivity contribution is -0.118. The van der Waals surface area contributed by atoms with Crippen LogP contribution in [0.15, 0.2) is 18.3 Å². The monoisotopic (exact) mass is 225 g/mol. The number of amides is 1. The fourth-order valence-corrected chi connectivity index (χ4v) is 1.07. The van der Waals surface area contributed by atoms with Crippen LogP contribution in [0.4, 0.5) is 5.69 Å². The highest BCUT2D eigenvalue weighted by molar-refractivity contribution is 5.94. The summed E-state index contributed by atoms with van der Waals surface area (Å²) in [7, 11) is 3.01. The molecule has 0 radical (unpaired) electrons. The molecule has 88 valence electrons. The van der Waals surface area contributed by atoms with Crippen molar-refractivity contribution in [2.75, 3.05) is 26.1 Å². The fourth-order valence-electron chi connectivity index (χ4n) is 1.07. The standard InChI is InChI=1S/C10H15N3O3/c1-15-6-8(11)10(14)13-7-3-4-9(16-2)12-5-7/h3-5,8H,6,11H2,1-2H3,(H,13,14). The molecule has 1 rings (SSSR count). The Labute approximate surface area is 93.8 Å². The maximum absolute atomic E-state index is 11.5. The van der Waals surface area contributed by atoms with E-state index >= 15 is 0 Å². The van der Waals surface area contributed by atoms with E-state index in [1.54, 1.807) is 12.1 Å². The van der Waals surface area contributed by atoms with Gasteiger partial charge < -0.3 is 20.5 Å². The maximum Gasteiger partial charge on any atom is 0.243 e. The van der Waals surface area contributed by atoms with E-state index in [-0.39, 0.29) is 12.5 Å². The Morgan fingerprint density at radius 3 is 2.81 bits per heavy atom. The second kappa shape index (κ2) is 6.04. The number of aromatic nitrogens is 1. The van der Waals surface area contributed by atoms with Crippen molar-refractivity contribution in [1.82, 2.24) is 4.98 Å². The maximum atomic E-state index is 11.5. The quantitative estimate of drug-likeness (QED) is 0.736. The van der Waals surface area contributed by atoms with Crippen LogP contribution < -0.4 is 15.8 Å². The molecule has 1 amide bonds. The van der Waals surface area contributed by atoms with Crippen molar-refractivity contribution in [3.63, 3.8) is 0 Å². The third-order valence-corrected chi connectivity index (χ3v) is 1.90. The number of ether oxygens (including phenoxy) is 2. The summed E-state index contributed by atoms with van der Waals surface area (Å²) >= 11 is 0. The highest BCUT2D eigenvalue weighted by Crippen LogP contribution is 2.10. The molecule has 0 aliphatic carbocycles. The number of carbonyl (C=O) groups excluding carboxylic acids is 1. The molecular formula is C10H15N3O3. The van der Waals surface area contributed by atoms with E-state index < -0.39 is 6.04 Å². The minimum absolute atomic E-state index is 0.176. The summed E-state index contributed by atoms with van der Waals surface area (Å²) in [4.78, 5) is 15.4. The number of carbonyl (C=O) groups is 1. The zero-order valence-electron chi connectivity index (χ0n) is 9.27. The van der Waals surface area contributed by atoms with E-state index in [2.05, 4.69) is 10.3 Å². The normalized spacial score (nSPS) is 11.9. The van der Waals surface area contributed by atoms with E-state index in [1.165, 1.54) is 20.4 Å². The molecule has 0 aliphatic heterocycles. The third kappa shape index (κ3) is 3.48. The van der Waals surface area contributed by atoms with Gasteiger partial charge in [0.1, 0.15) is 6.04 Å². The molecule has 3 N–H and O–H groups in total. The second-order valence-corrected chi connectivity index (χ2v) is 3.14. The van der Waals surface area contributed by atoms with Crippen LogP contribution in [0.5, 0.6) is 5.88 Å². The van der Waals surface area contributed by atoms with Gasteiger partial charge >= 0.3 is 0 Å². The second-order valence-electron chi connectivity index (χ2n) is 3.14. The number of nitrogens with two attached hydrogens (primary N) is 1. The van der Waals surface area contributed by atoms with E-state index in [0.717, 1.165) is 0 Å².